The van der Waals surface area contributed by atoms with Crippen molar-refractivity contribution in [3.05, 3.63) is 85.5 Å². The number of benzene rings is 2. The predicted octanol–water partition coefficient (Wildman–Crippen LogP) is 5.10. The first-order valence-corrected chi connectivity index (χ1v) is 10.8. The molecule has 0 spiro atoms. The van der Waals surface area contributed by atoms with Gasteiger partial charge in [0.15, 0.2) is 5.16 Å². The van der Waals surface area contributed by atoms with Crippen molar-refractivity contribution in [1.82, 2.24) is 19.2 Å². The molecule has 5 nitrogen and oxygen atoms in total. The maximum absolute atomic E-state index is 13.2. The molecule has 2 aromatic heterocycles. The van der Waals surface area contributed by atoms with Gasteiger partial charge in [-0.3, -0.25) is 13.8 Å². The van der Waals surface area contributed by atoms with Crippen molar-refractivity contribution in [2.45, 2.75) is 24.0 Å². The van der Waals surface area contributed by atoms with Crippen LogP contribution >= 0.6 is 34.4 Å². The summed E-state index contributed by atoms with van der Waals surface area (Å²) in [5, 5.41) is 8.61. The molecule has 0 saturated heterocycles. The zero-order chi connectivity index (χ0) is 21.5. The van der Waals surface area contributed by atoms with E-state index in [-0.39, 0.29) is 16.9 Å². The molecular weight excluding hydrogens is 528 g/mol. The minimum atomic E-state index is -4.50. The highest BCUT2D eigenvalue weighted by molar-refractivity contribution is 14.1. The monoisotopic (exact) mass is 542 g/mol. The van der Waals surface area contributed by atoms with Gasteiger partial charge in [0, 0.05) is 21.7 Å². The minimum absolute atomic E-state index is 0.0239. The molecular formula is C20H14F3IN4OS. The molecule has 4 aromatic rings. The van der Waals surface area contributed by atoms with Gasteiger partial charge in [-0.25, -0.2) is 0 Å². The molecule has 10 heteroatoms. The van der Waals surface area contributed by atoms with Crippen LogP contribution in [0.1, 0.15) is 16.7 Å². The average molecular weight is 542 g/mol. The fourth-order valence-corrected chi connectivity index (χ4v) is 4.86. The third-order valence-electron chi connectivity index (χ3n) is 4.62. The third-order valence-corrected chi connectivity index (χ3v) is 6.67. The Kier molecular flexibility index (Phi) is 5.62. The van der Waals surface area contributed by atoms with Crippen LogP contribution in [0.2, 0.25) is 0 Å². The van der Waals surface area contributed by atoms with Crippen LogP contribution in [0.25, 0.3) is 11.3 Å². The van der Waals surface area contributed by atoms with Crippen molar-refractivity contribution in [3.63, 3.8) is 0 Å². The topological polar surface area (TPSA) is 52.2 Å². The first-order valence-electron chi connectivity index (χ1n) is 8.77. The molecule has 0 fully saturated rings. The molecule has 0 bridgehead atoms. The van der Waals surface area contributed by atoms with E-state index in [2.05, 4.69) is 32.8 Å². The lowest BCUT2D eigenvalue weighted by molar-refractivity contribution is -0.138. The predicted molar refractivity (Wildman–Crippen MR) is 117 cm³/mol. The van der Waals surface area contributed by atoms with E-state index >= 15 is 0 Å². The Morgan fingerprint density at radius 1 is 1.07 bits per heavy atom. The number of hydrogen-bond acceptors (Lipinski definition) is 4. The molecule has 0 unspecified atom stereocenters. The molecule has 0 aliphatic carbocycles. The number of fused-ring (bicyclic) bond motifs is 1. The van der Waals surface area contributed by atoms with Crippen molar-refractivity contribution in [1.29, 1.82) is 0 Å². The van der Waals surface area contributed by atoms with Crippen LogP contribution in [0, 0.1) is 10.5 Å². The van der Waals surface area contributed by atoms with Crippen LogP contribution in [0.15, 0.2) is 64.8 Å². The number of nitrogens with zero attached hydrogens (tertiary/aromatic N) is 4. The average Bonchev–Trinajstić information content (AvgIpc) is 3.11. The number of alkyl halides is 3. The van der Waals surface area contributed by atoms with E-state index in [4.69, 9.17) is 0 Å². The number of aromatic nitrogens is 4. The number of rotatable bonds is 4. The van der Waals surface area contributed by atoms with E-state index in [0.29, 0.717) is 10.9 Å². The zero-order valence-corrected chi connectivity index (χ0v) is 18.5. The van der Waals surface area contributed by atoms with Gasteiger partial charge in [-0.05, 0) is 58.8 Å². The van der Waals surface area contributed by atoms with E-state index < -0.39 is 17.3 Å². The quantitative estimate of drug-likeness (QED) is 0.266. The van der Waals surface area contributed by atoms with E-state index in [1.165, 1.54) is 41.6 Å². The van der Waals surface area contributed by atoms with Gasteiger partial charge in [0.1, 0.15) is 0 Å². The lowest BCUT2D eigenvalue weighted by Gasteiger charge is -2.15. The molecule has 0 radical (unpaired) electrons. The molecule has 0 atom stereocenters. The van der Waals surface area contributed by atoms with Crippen LogP contribution in [0.5, 0.6) is 0 Å². The molecule has 154 valence electrons. The normalized spacial score (nSPS) is 11.9. The second-order valence-electron chi connectivity index (χ2n) is 6.48. The van der Waals surface area contributed by atoms with Gasteiger partial charge in [-0.2, -0.15) is 13.2 Å². The molecule has 0 amide bonds. The number of halogens is 4. The SMILES string of the molecule is Cc1c(-n2ccn3c(SCc4ccccc4I)nnc3c2=O)cccc1C(F)(F)F. The standard InChI is InChI=1S/C20H14F3IN4OS/c1-12-14(20(21,22)23)6-4-8-16(12)27-9-10-28-17(18(27)29)25-26-19(28)30-11-13-5-2-3-7-15(13)24/h2-10H,11H2,1H3. The summed E-state index contributed by atoms with van der Waals surface area (Å²) in [6.07, 6.45) is -1.46. The molecule has 2 aromatic carbocycles. The summed E-state index contributed by atoms with van der Waals surface area (Å²) in [5.41, 5.74) is 0.0143. The van der Waals surface area contributed by atoms with E-state index in [0.717, 1.165) is 15.2 Å². The highest BCUT2D eigenvalue weighted by Crippen LogP contribution is 2.33. The molecule has 30 heavy (non-hydrogen) atoms. The highest BCUT2D eigenvalue weighted by atomic mass is 127. The third kappa shape index (κ3) is 3.85. The van der Waals surface area contributed by atoms with Gasteiger partial charge in [-0.1, -0.05) is 36.0 Å². The van der Waals surface area contributed by atoms with Crippen molar-refractivity contribution in [2.24, 2.45) is 0 Å². The summed E-state index contributed by atoms with van der Waals surface area (Å²) < 4.78 is 43.6. The van der Waals surface area contributed by atoms with Gasteiger partial charge in [-0.15, -0.1) is 10.2 Å². The summed E-state index contributed by atoms with van der Waals surface area (Å²) in [6, 6.07) is 11.7. The molecule has 0 N–H and O–H groups in total. The van der Waals surface area contributed by atoms with Gasteiger partial charge < -0.3 is 0 Å². The molecule has 2 heterocycles. The van der Waals surface area contributed by atoms with Crippen molar-refractivity contribution < 1.29 is 13.2 Å². The van der Waals surface area contributed by atoms with Crippen molar-refractivity contribution >= 4 is 40.0 Å². The summed E-state index contributed by atoms with van der Waals surface area (Å²) in [4.78, 5) is 12.9. The van der Waals surface area contributed by atoms with Crippen LogP contribution in [0.3, 0.4) is 0 Å². The van der Waals surface area contributed by atoms with E-state index in [1.807, 2.05) is 24.3 Å². The fourth-order valence-electron chi connectivity index (χ4n) is 3.10. The maximum atomic E-state index is 13.2. The lowest BCUT2D eigenvalue weighted by atomic mass is 10.1. The Morgan fingerprint density at radius 2 is 1.83 bits per heavy atom. The molecule has 0 aliphatic rings. The van der Waals surface area contributed by atoms with E-state index in [1.54, 1.807) is 10.6 Å². The second-order valence-corrected chi connectivity index (χ2v) is 8.58. The van der Waals surface area contributed by atoms with Crippen LogP contribution in [-0.2, 0) is 11.9 Å². The van der Waals surface area contributed by atoms with Crippen molar-refractivity contribution in [2.75, 3.05) is 0 Å². The molecule has 0 saturated carbocycles. The zero-order valence-electron chi connectivity index (χ0n) is 15.5. The Bertz CT molecular complexity index is 1300. The summed E-state index contributed by atoms with van der Waals surface area (Å²) in [5.74, 6) is 0.649. The number of hydrogen-bond donors (Lipinski definition) is 0. The Morgan fingerprint density at radius 3 is 2.57 bits per heavy atom. The molecule has 4 rings (SSSR count). The van der Waals surface area contributed by atoms with Crippen LogP contribution in [-0.4, -0.2) is 19.2 Å². The smallest absolute Gasteiger partial charge is 0.279 e. The summed E-state index contributed by atoms with van der Waals surface area (Å²) in [7, 11) is 0. The highest BCUT2D eigenvalue weighted by Gasteiger charge is 2.33. The van der Waals surface area contributed by atoms with Gasteiger partial charge >= 0.3 is 11.7 Å². The van der Waals surface area contributed by atoms with Gasteiger partial charge in [0.05, 0.1) is 11.3 Å². The van der Waals surface area contributed by atoms with Gasteiger partial charge in [0.2, 0.25) is 5.65 Å². The largest absolute Gasteiger partial charge is 0.416 e. The van der Waals surface area contributed by atoms with E-state index in [9.17, 15) is 18.0 Å². The Hall–Kier alpha value is -2.34. The Balaban J connectivity index is 1.72. The first-order chi connectivity index (χ1) is 14.3. The fraction of sp³-hybridized carbons (Fsp3) is 0.150. The minimum Gasteiger partial charge on any atom is -0.279 e. The first kappa shape index (κ1) is 20.9. The maximum Gasteiger partial charge on any atom is 0.416 e. The summed E-state index contributed by atoms with van der Waals surface area (Å²) in [6.45, 7) is 1.35. The molecule has 0 aliphatic heterocycles. The van der Waals surface area contributed by atoms with Gasteiger partial charge in [0.25, 0.3) is 0 Å². The van der Waals surface area contributed by atoms with Crippen LogP contribution < -0.4 is 5.56 Å². The van der Waals surface area contributed by atoms with Crippen LogP contribution in [0.4, 0.5) is 13.2 Å². The van der Waals surface area contributed by atoms with Crippen molar-refractivity contribution in [3.8, 4) is 5.69 Å². The lowest BCUT2D eigenvalue weighted by Crippen LogP contribution is -2.22. The Labute approximate surface area is 187 Å². The number of thioether (sulfide) groups is 1. The second kappa shape index (κ2) is 8.06. The summed E-state index contributed by atoms with van der Waals surface area (Å²) >= 11 is 3.69.